The first-order valence-corrected chi connectivity index (χ1v) is 18.1. The Morgan fingerprint density at radius 2 is 1.92 bits per heavy atom. The lowest BCUT2D eigenvalue weighted by Gasteiger charge is -2.48. The first-order chi connectivity index (χ1) is 24.3. The number of carbonyl (C=O) groups excluding carboxylic acids is 1. The molecule has 0 unspecified atom stereocenters. The molecule has 2 aromatic heterocycles. The monoisotopic (exact) mass is 671 g/mol. The van der Waals surface area contributed by atoms with Crippen molar-refractivity contribution in [3.05, 3.63) is 117 Å². The van der Waals surface area contributed by atoms with Crippen molar-refractivity contribution in [2.45, 2.75) is 101 Å². The maximum Gasteiger partial charge on any atom is 0.260 e. The van der Waals surface area contributed by atoms with Gasteiger partial charge in [0.05, 0.1) is 40.6 Å². The standard InChI is InChI=1S/C41H45N5O4/c1-2-27-14-15-38-32(20-27)36(23-41(50-38)16-8-17-41)44-25-37(47)35(21-28-9-7-10-29(19-28)24-42)45-39(48)30-22-33(34-13-5-6-18-43-34)40(49)46(26-30)31-11-3-4-12-31/h5-7,9-10,13-15,18-20,22,26,31,35-37,44,47H,2-4,8,11-12,16-17,21,23,25H2,1H3,(H,45,48)/t35-,36-,37+/m0/s1. The number of carbonyl (C=O) groups is 1. The highest BCUT2D eigenvalue weighted by Gasteiger charge is 2.45. The Bertz CT molecular complexity index is 1940. The molecule has 0 bridgehead atoms. The molecule has 50 heavy (non-hydrogen) atoms. The highest BCUT2D eigenvalue weighted by Crippen LogP contribution is 2.49. The highest BCUT2D eigenvalue weighted by molar-refractivity contribution is 5.95. The van der Waals surface area contributed by atoms with Crippen LogP contribution in [0.25, 0.3) is 11.3 Å². The number of nitriles is 1. The van der Waals surface area contributed by atoms with Crippen LogP contribution in [0.4, 0.5) is 0 Å². The molecule has 258 valence electrons. The van der Waals surface area contributed by atoms with Gasteiger partial charge in [0.25, 0.3) is 11.5 Å². The van der Waals surface area contributed by atoms with Gasteiger partial charge in [-0.25, -0.2) is 0 Å². The minimum absolute atomic E-state index is 0.00522. The number of pyridine rings is 2. The second-order valence-corrected chi connectivity index (χ2v) is 14.2. The smallest absolute Gasteiger partial charge is 0.260 e. The molecule has 2 fully saturated rings. The number of amides is 1. The summed E-state index contributed by atoms with van der Waals surface area (Å²) in [5, 5.41) is 28.2. The van der Waals surface area contributed by atoms with E-state index in [1.54, 1.807) is 47.3 Å². The average molecular weight is 672 g/mol. The third-order valence-electron chi connectivity index (χ3n) is 10.9. The molecule has 1 amide bonds. The van der Waals surface area contributed by atoms with Crippen molar-refractivity contribution in [3.8, 4) is 23.1 Å². The van der Waals surface area contributed by atoms with E-state index in [1.165, 1.54) is 5.56 Å². The van der Waals surface area contributed by atoms with E-state index in [0.717, 1.165) is 74.7 Å². The first kappa shape index (κ1) is 33.7. The summed E-state index contributed by atoms with van der Waals surface area (Å²) >= 11 is 0. The van der Waals surface area contributed by atoms with Crippen molar-refractivity contribution >= 4 is 5.91 Å². The lowest BCUT2D eigenvalue weighted by atomic mass is 9.72. The molecular formula is C41H45N5O4. The van der Waals surface area contributed by atoms with Gasteiger partial charge in [-0.15, -0.1) is 0 Å². The Labute approximate surface area is 293 Å². The molecule has 2 aliphatic carbocycles. The number of fused-ring (bicyclic) bond motifs is 1. The van der Waals surface area contributed by atoms with Gasteiger partial charge in [-0.1, -0.05) is 50.1 Å². The number of rotatable bonds is 11. The topological polar surface area (TPSA) is 129 Å². The molecule has 0 radical (unpaired) electrons. The molecule has 2 saturated carbocycles. The molecule has 3 N–H and O–H groups in total. The fraction of sp³-hybridized carbons (Fsp3) is 0.415. The van der Waals surface area contributed by atoms with Crippen molar-refractivity contribution in [1.82, 2.24) is 20.2 Å². The Hall–Kier alpha value is -4.78. The van der Waals surface area contributed by atoms with E-state index in [1.807, 2.05) is 18.2 Å². The van der Waals surface area contributed by atoms with Gasteiger partial charge in [0, 0.05) is 43.0 Å². The Kier molecular flexibility index (Phi) is 9.84. The summed E-state index contributed by atoms with van der Waals surface area (Å²) in [6.07, 6.45) is 11.4. The number of ether oxygens (including phenoxy) is 1. The zero-order valence-corrected chi connectivity index (χ0v) is 28.6. The summed E-state index contributed by atoms with van der Waals surface area (Å²) in [5.74, 6) is 0.520. The molecule has 9 heteroatoms. The van der Waals surface area contributed by atoms with E-state index in [-0.39, 0.29) is 35.7 Å². The zero-order valence-electron chi connectivity index (χ0n) is 28.6. The Balaban J connectivity index is 1.17. The molecule has 3 heterocycles. The van der Waals surface area contributed by atoms with E-state index in [9.17, 15) is 20.0 Å². The average Bonchev–Trinajstić information content (AvgIpc) is 3.68. The van der Waals surface area contributed by atoms with Crippen molar-refractivity contribution < 1.29 is 14.6 Å². The van der Waals surface area contributed by atoms with Crippen LogP contribution in [0.5, 0.6) is 5.75 Å². The number of hydrogen-bond donors (Lipinski definition) is 3. The lowest BCUT2D eigenvalue weighted by Crippen LogP contribution is -2.52. The van der Waals surface area contributed by atoms with Gasteiger partial charge >= 0.3 is 0 Å². The predicted octanol–water partition coefficient (Wildman–Crippen LogP) is 6.20. The molecular weight excluding hydrogens is 626 g/mol. The third-order valence-corrected chi connectivity index (χ3v) is 10.9. The molecule has 0 saturated heterocycles. The van der Waals surface area contributed by atoms with Gasteiger partial charge in [0.1, 0.15) is 11.4 Å². The SMILES string of the molecule is CCc1ccc2c(c1)[C@@H](NC[C@@H](O)[C@H](Cc1cccc(C#N)c1)NC(=O)c1cc(-c3ccccn3)c(=O)n(C3CCCC3)c1)CC1(CCC1)O2. The molecule has 3 aliphatic rings. The second kappa shape index (κ2) is 14.6. The lowest BCUT2D eigenvalue weighted by molar-refractivity contribution is -0.0382. The number of hydrogen-bond acceptors (Lipinski definition) is 7. The van der Waals surface area contributed by atoms with Crippen LogP contribution in [-0.2, 0) is 12.8 Å². The summed E-state index contributed by atoms with van der Waals surface area (Å²) in [6.45, 7) is 2.37. The van der Waals surface area contributed by atoms with E-state index in [2.05, 4.69) is 46.8 Å². The number of benzene rings is 2. The van der Waals surface area contributed by atoms with Crippen LogP contribution >= 0.6 is 0 Å². The second-order valence-electron chi connectivity index (χ2n) is 14.2. The van der Waals surface area contributed by atoms with Crippen molar-refractivity contribution in [1.29, 1.82) is 5.26 Å². The van der Waals surface area contributed by atoms with Crippen LogP contribution in [0, 0.1) is 11.3 Å². The van der Waals surface area contributed by atoms with Crippen molar-refractivity contribution in [3.63, 3.8) is 0 Å². The van der Waals surface area contributed by atoms with Crippen LogP contribution in [0.3, 0.4) is 0 Å². The van der Waals surface area contributed by atoms with E-state index in [0.29, 0.717) is 28.8 Å². The third kappa shape index (κ3) is 7.09. The van der Waals surface area contributed by atoms with E-state index < -0.39 is 12.1 Å². The Morgan fingerprint density at radius 3 is 2.64 bits per heavy atom. The summed E-state index contributed by atoms with van der Waals surface area (Å²) in [6, 6.07) is 22.2. The normalized spacial score (nSPS) is 19.1. The minimum atomic E-state index is -0.960. The first-order valence-electron chi connectivity index (χ1n) is 18.1. The largest absolute Gasteiger partial charge is 0.487 e. The maximum atomic E-state index is 14.2. The van der Waals surface area contributed by atoms with Gasteiger partial charge < -0.3 is 25.0 Å². The van der Waals surface area contributed by atoms with Crippen molar-refractivity contribution in [2.24, 2.45) is 0 Å². The van der Waals surface area contributed by atoms with Gasteiger partial charge in [-0.2, -0.15) is 5.26 Å². The molecule has 7 rings (SSSR count). The highest BCUT2D eigenvalue weighted by atomic mass is 16.5. The fourth-order valence-electron chi connectivity index (χ4n) is 7.85. The van der Waals surface area contributed by atoms with Crippen LogP contribution in [0.1, 0.15) is 103 Å². The number of aromatic nitrogens is 2. The molecule has 1 spiro atoms. The van der Waals surface area contributed by atoms with Crippen LogP contribution in [0.15, 0.2) is 83.9 Å². The number of aliphatic hydroxyl groups excluding tert-OH is 1. The van der Waals surface area contributed by atoms with Gasteiger partial charge in [-0.3, -0.25) is 14.6 Å². The minimum Gasteiger partial charge on any atom is -0.487 e. The number of nitrogens with zero attached hydrogens (tertiary/aromatic N) is 3. The summed E-state index contributed by atoms with van der Waals surface area (Å²) < 4.78 is 8.23. The quantitative estimate of drug-likeness (QED) is 0.173. The number of aryl methyl sites for hydroxylation is 1. The van der Waals surface area contributed by atoms with Gasteiger partial charge in [0.2, 0.25) is 0 Å². The zero-order chi connectivity index (χ0) is 34.7. The fourth-order valence-corrected chi connectivity index (χ4v) is 7.85. The summed E-state index contributed by atoms with van der Waals surface area (Å²) in [4.78, 5) is 32.3. The summed E-state index contributed by atoms with van der Waals surface area (Å²) in [5.41, 5.74) is 4.57. The molecule has 1 aliphatic heterocycles. The number of aliphatic hydroxyl groups is 1. The van der Waals surface area contributed by atoms with Gasteiger partial charge in [0.15, 0.2) is 0 Å². The van der Waals surface area contributed by atoms with Gasteiger partial charge in [-0.05, 0) is 92.5 Å². The number of nitrogens with one attached hydrogen (secondary N) is 2. The predicted molar refractivity (Wildman–Crippen MR) is 192 cm³/mol. The van der Waals surface area contributed by atoms with E-state index in [4.69, 9.17) is 4.74 Å². The molecule has 9 nitrogen and oxygen atoms in total. The maximum absolute atomic E-state index is 14.2. The summed E-state index contributed by atoms with van der Waals surface area (Å²) in [7, 11) is 0. The molecule has 4 aromatic rings. The van der Waals surface area contributed by atoms with E-state index >= 15 is 0 Å². The molecule has 3 atom stereocenters. The molecule has 2 aromatic carbocycles. The van der Waals surface area contributed by atoms with Crippen LogP contribution in [-0.4, -0.2) is 44.9 Å². The van der Waals surface area contributed by atoms with Crippen LogP contribution < -0.4 is 20.9 Å². The van der Waals surface area contributed by atoms with Crippen molar-refractivity contribution in [2.75, 3.05) is 6.54 Å². The Morgan fingerprint density at radius 1 is 1.08 bits per heavy atom. The van der Waals surface area contributed by atoms with Crippen LogP contribution in [0.2, 0.25) is 0 Å².